The molecule has 0 aromatic heterocycles. The van der Waals surface area contributed by atoms with Gasteiger partial charge in [0.15, 0.2) is 0 Å². The predicted molar refractivity (Wildman–Crippen MR) is 117 cm³/mol. The number of methoxy groups -OCH3 is 1. The summed E-state index contributed by atoms with van der Waals surface area (Å²) < 4.78 is 32.9. The zero-order valence-electron chi connectivity index (χ0n) is 17.4. The normalized spacial score (nSPS) is 15.4. The number of hydrogen-bond acceptors (Lipinski definition) is 3. The second-order valence-electron chi connectivity index (χ2n) is 7.49. The molecule has 5 nitrogen and oxygen atoms in total. The summed E-state index contributed by atoms with van der Waals surface area (Å²) in [6.45, 7) is 2.51. The first-order valence-electron chi connectivity index (χ1n) is 10.2. The number of nitrogens with one attached hydrogen (secondary N) is 1. The van der Waals surface area contributed by atoms with Crippen LogP contribution in [0.4, 0.5) is 0 Å². The maximum Gasteiger partial charge on any atom is 0.243 e. The molecule has 0 radical (unpaired) electrons. The molecular formula is C24H27ClN2O3S. The second-order valence-corrected chi connectivity index (χ2v) is 9.43. The van der Waals surface area contributed by atoms with Crippen LogP contribution in [0.15, 0.2) is 89.8 Å². The van der Waals surface area contributed by atoms with Crippen LogP contribution in [0.1, 0.15) is 17.2 Å². The van der Waals surface area contributed by atoms with Crippen molar-refractivity contribution in [1.82, 2.24) is 4.31 Å². The lowest BCUT2D eigenvalue weighted by molar-refractivity contribution is -0.929. The van der Waals surface area contributed by atoms with Crippen molar-refractivity contribution in [2.75, 3.05) is 33.3 Å². The van der Waals surface area contributed by atoms with E-state index in [2.05, 4.69) is 48.5 Å². The van der Waals surface area contributed by atoms with Crippen LogP contribution in [-0.4, -0.2) is 46.0 Å². The van der Waals surface area contributed by atoms with Crippen LogP contribution < -0.4 is 22.0 Å². The first kappa shape index (κ1) is 23.3. The van der Waals surface area contributed by atoms with E-state index in [1.54, 1.807) is 35.7 Å². The Morgan fingerprint density at radius 1 is 0.806 bits per heavy atom. The molecule has 0 amide bonds. The van der Waals surface area contributed by atoms with Gasteiger partial charge in [-0.05, 0) is 24.3 Å². The first-order chi connectivity index (χ1) is 14.6. The van der Waals surface area contributed by atoms with E-state index in [0.717, 1.165) is 13.1 Å². The average molecular weight is 459 g/mol. The monoisotopic (exact) mass is 458 g/mol. The van der Waals surface area contributed by atoms with Crippen LogP contribution in [0.2, 0.25) is 0 Å². The molecule has 1 saturated heterocycles. The lowest BCUT2D eigenvalue weighted by Crippen LogP contribution is -3.15. The topological polar surface area (TPSA) is 51.1 Å². The lowest BCUT2D eigenvalue weighted by atomic mass is 9.96. The van der Waals surface area contributed by atoms with Crippen molar-refractivity contribution in [3.8, 4) is 5.75 Å². The van der Waals surface area contributed by atoms with E-state index < -0.39 is 10.0 Å². The quantitative estimate of drug-likeness (QED) is 0.535. The molecule has 3 aromatic rings. The van der Waals surface area contributed by atoms with Crippen LogP contribution in [0.3, 0.4) is 0 Å². The Labute approximate surface area is 190 Å². The molecular weight excluding hydrogens is 432 g/mol. The number of rotatable bonds is 6. The number of halogens is 1. The minimum Gasteiger partial charge on any atom is -1.00 e. The van der Waals surface area contributed by atoms with E-state index in [-0.39, 0.29) is 18.4 Å². The average Bonchev–Trinajstić information content (AvgIpc) is 2.81. The van der Waals surface area contributed by atoms with E-state index in [0.29, 0.717) is 23.7 Å². The summed E-state index contributed by atoms with van der Waals surface area (Å²) in [5.74, 6) is 0.650. The van der Waals surface area contributed by atoms with Crippen molar-refractivity contribution in [1.29, 1.82) is 0 Å². The predicted octanol–water partition coefficient (Wildman–Crippen LogP) is -0.622. The van der Waals surface area contributed by atoms with Gasteiger partial charge in [-0.2, -0.15) is 4.31 Å². The second kappa shape index (κ2) is 10.3. The number of sulfonamides is 1. The lowest BCUT2D eigenvalue weighted by Gasteiger charge is -2.36. The maximum absolute atomic E-state index is 13.1. The van der Waals surface area contributed by atoms with Gasteiger partial charge in [-0.1, -0.05) is 60.7 Å². The highest BCUT2D eigenvalue weighted by molar-refractivity contribution is 7.89. The van der Waals surface area contributed by atoms with E-state index in [4.69, 9.17) is 4.74 Å². The molecule has 4 rings (SSSR count). The van der Waals surface area contributed by atoms with E-state index in [1.807, 2.05) is 12.1 Å². The van der Waals surface area contributed by atoms with Gasteiger partial charge in [0.05, 0.1) is 38.2 Å². The van der Waals surface area contributed by atoms with Gasteiger partial charge in [0, 0.05) is 11.1 Å². The number of benzene rings is 3. The van der Waals surface area contributed by atoms with Crippen LogP contribution in [0, 0.1) is 0 Å². The van der Waals surface area contributed by atoms with Crippen LogP contribution in [0.5, 0.6) is 5.75 Å². The Balaban J connectivity index is 0.00000272. The van der Waals surface area contributed by atoms with Gasteiger partial charge in [-0.25, -0.2) is 8.42 Å². The van der Waals surface area contributed by atoms with Crippen molar-refractivity contribution >= 4 is 10.0 Å². The molecule has 1 aliphatic rings. The largest absolute Gasteiger partial charge is 1.00 e. The van der Waals surface area contributed by atoms with E-state index in [9.17, 15) is 8.42 Å². The van der Waals surface area contributed by atoms with Crippen LogP contribution >= 0.6 is 0 Å². The summed E-state index contributed by atoms with van der Waals surface area (Å²) in [6.07, 6.45) is 0. The standard InChI is InChI=1S/C24H26N2O3S.ClH/c1-29-22-12-14-23(15-13-22)30(27,28)26-18-16-25(17-19-26)24(20-8-4-2-5-9-20)21-10-6-3-7-11-21;/h2-15,24H,16-19H2,1H3;1H. The van der Waals surface area contributed by atoms with Crippen molar-refractivity contribution < 1.29 is 30.5 Å². The molecule has 0 spiro atoms. The van der Waals surface area contributed by atoms with Gasteiger partial charge < -0.3 is 22.0 Å². The number of piperazine rings is 1. The number of ether oxygens (including phenoxy) is 1. The smallest absolute Gasteiger partial charge is 0.243 e. The third-order valence-corrected chi connectivity index (χ3v) is 7.65. The molecule has 1 heterocycles. The summed E-state index contributed by atoms with van der Waals surface area (Å²) in [5.41, 5.74) is 2.51. The summed E-state index contributed by atoms with van der Waals surface area (Å²) in [5, 5.41) is 0. The van der Waals surface area contributed by atoms with E-state index in [1.165, 1.54) is 16.0 Å². The first-order valence-corrected chi connectivity index (χ1v) is 11.6. The fourth-order valence-corrected chi connectivity index (χ4v) is 5.60. The minimum absolute atomic E-state index is 0. The van der Waals surface area contributed by atoms with Gasteiger partial charge in [0.2, 0.25) is 10.0 Å². The van der Waals surface area contributed by atoms with Crippen LogP contribution in [-0.2, 0) is 10.0 Å². The molecule has 1 N–H and O–H groups in total. The molecule has 0 atom stereocenters. The van der Waals surface area contributed by atoms with Crippen molar-refractivity contribution in [3.05, 3.63) is 96.1 Å². The molecule has 1 aliphatic heterocycles. The molecule has 31 heavy (non-hydrogen) atoms. The van der Waals surface area contributed by atoms with Gasteiger partial charge in [-0.15, -0.1) is 0 Å². The Bertz CT molecular complexity index is 1010. The molecule has 0 saturated carbocycles. The minimum atomic E-state index is -3.50. The highest BCUT2D eigenvalue weighted by atomic mass is 35.5. The maximum atomic E-state index is 13.1. The fourth-order valence-electron chi connectivity index (χ4n) is 4.15. The zero-order chi connectivity index (χ0) is 21.0. The fraction of sp³-hybridized carbons (Fsp3) is 0.250. The highest BCUT2D eigenvalue weighted by Crippen LogP contribution is 2.22. The number of nitrogens with zero attached hydrogens (tertiary/aromatic N) is 1. The molecule has 0 unspecified atom stereocenters. The summed E-state index contributed by atoms with van der Waals surface area (Å²) >= 11 is 0. The zero-order valence-corrected chi connectivity index (χ0v) is 19.0. The summed E-state index contributed by atoms with van der Waals surface area (Å²) in [6, 6.07) is 27.7. The molecule has 164 valence electrons. The van der Waals surface area contributed by atoms with Crippen molar-refractivity contribution in [2.45, 2.75) is 10.9 Å². The van der Waals surface area contributed by atoms with Gasteiger partial charge in [0.1, 0.15) is 11.8 Å². The molecule has 0 aliphatic carbocycles. The van der Waals surface area contributed by atoms with Gasteiger partial charge in [-0.3, -0.25) is 0 Å². The van der Waals surface area contributed by atoms with Crippen LogP contribution in [0.25, 0.3) is 0 Å². The molecule has 3 aromatic carbocycles. The Kier molecular flexibility index (Phi) is 7.73. The summed E-state index contributed by atoms with van der Waals surface area (Å²) in [7, 11) is -1.93. The Morgan fingerprint density at radius 2 is 1.29 bits per heavy atom. The number of hydrogen-bond donors (Lipinski definition) is 1. The third kappa shape index (κ3) is 5.10. The van der Waals surface area contributed by atoms with Gasteiger partial charge in [0.25, 0.3) is 0 Å². The van der Waals surface area contributed by atoms with Crippen molar-refractivity contribution in [3.63, 3.8) is 0 Å². The molecule has 0 bridgehead atoms. The van der Waals surface area contributed by atoms with Gasteiger partial charge >= 0.3 is 0 Å². The SMILES string of the molecule is COc1ccc(S(=O)(=O)N2CC[NH+](C(c3ccccc3)c3ccccc3)CC2)cc1.[Cl-]. The third-order valence-electron chi connectivity index (χ3n) is 5.74. The highest BCUT2D eigenvalue weighted by Gasteiger charge is 2.34. The Hall–Kier alpha value is -2.38. The van der Waals surface area contributed by atoms with Crippen molar-refractivity contribution in [2.24, 2.45) is 0 Å². The molecule has 1 fully saturated rings. The molecule has 7 heteroatoms. The van der Waals surface area contributed by atoms with E-state index >= 15 is 0 Å². The Morgan fingerprint density at radius 3 is 1.74 bits per heavy atom. The summed E-state index contributed by atoms with van der Waals surface area (Å²) in [4.78, 5) is 1.70. The number of quaternary nitrogens is 1.